The Morgan fingerprint density at radius 3 is 1.90 bits per heavy atom. The van der Waals surface area contributed by atoms with Crippen LogP contribution in [0, 0.1) is 0 Å². The summed E-state index contributed by atoms with van der Waals surface area (Å²) in [6.45, 7) is 10.4. The molecule has 1 atom stereocenters. The molecule has 0 heterocycles. The summed E-state index contributed by atoms with van der Waals surface area (Å²) in [7, 11) is 0. The molecule has 114 valence electrons. The Morgan fingerprint density at radius 2 is 1.50 bits per heavy atom. The fourth-order valence-corrected chi connectivity index (χ4v) is 1.97. The van der Waals surface area contributed by atoms with Crippen LogP contribution >= 0.6 is 0 Å². The molecule has 0 aromatic heterocycles. The second-order valence-electron chi connectivity index (χ2n) is 4.65. The molecule has 0 radical (unpaired) electrons. The van der Waals surface area contributed by atoms with Crippen LogP contribution in [-0.2, 0) is 9.47 Å². The molecule has 20 heavy (non-hydrogen) atoms. The average molecular weight is 281 g/mol. The van der Waals surface area contributed by atoms with Crippen molar-refractivity contribution in [3.8, 4) is 0 Å². The number of anilines is 1. The van der Waals surface area contributed by atoms with Crippen molar-refractivity contribution < 1.29 is 14.6 Å². The number of ether oxygens (including phenoxy) is 2. The van der Waals surface area contributed by atoms with Crippen LogP contribution < -0.4 is 4.90 Å². The van der Waals surface area contributed by atoms with E-state index in [1.165, 1.54) is 0 Å². The van der Waals surface area contributed by atoms with Gasteiger partial charge in [-0.05, 0) is 38.5 Å². The zero-order chi connectivity index (χ0) is 14.8. The molecular weight excluding hydrogens is 254 g/mol. The van der Waals surface area contributed by atoms with Gasteiger partial charge in [-0.3, -0.25) is 0 Å². The molecule has 0 aliphatic carbocycles. The van der Waals surface area contributed by atoms with Gasteiger partial charge in [0.1, 0.15) is 0 Å². The quantitative estimate of drug-likeness (QED) is 0.669. The third-order valence-electron chi connectivity index (χ3n) is 3.16. The van der Waals surface area contributed by atoms with Gasteiger partial charge in [0.25, 0.3) is 0 Å². The van der Waals surface area contributed by atoms with E-state index in [1.54, 1.807) is 6.92 Å². The van der Waals surface area contributed by atoms with Crippen LogP contribution in [0.3, 0.4) is 0 Å². The van der Waals surface area contributed by atoms with Gasteiger partial charge in [0, 0.05) is 32.0 Å². The van der Waals surface area contributed by atoms with Crippen molar-refractivity contribution in [3.63, 3.8) is 0 Å². The Morgan fingerprint density at radius 1 is 1.00 bits per heavy atom. The van der Waals surface area contributed by atoms with Gasteiger partial charge < -0.3 is 19.5 Å². The molecule has 0 saturated carbocycles. The van der Waals surface area contributed by atoms with Crippen molar-refractivity contribution in [3.05, 3.63) is 29.8 Å². The normalized spacial score (nSPS) is 12.4. The van der Waals surface area contributed by atoms with Gasteiger partial charge in [-0.2, -0.15) is 0 Å². The fourth-order valence-electron chi connectivity index (χ4n) is 1.97. The minimum absolute atomic E-state index is 0.427. The third kappa shape index (κ3) is 5.90. The summed E-state index contributed by atoms with van der Waals surface area (Å²) in [5.74, 6) is 0. The first kappa shape index (κ1) is 17.0. The van der Waals surface area contributed by atoms with Crippen molar-refractivity contribution in [2.75, 3.05) is 44.4 Å². The van der Waals surface area contributed by atoms with Gasteiger partial charge in [0.15, 0.2) is 0 Å². The second kappa shape index (κ2) is 9.75. The number of benzene rings is 1. The Labute approximate surface area is 122 Å². The molecule has 1 aromatic rings. The van der Waals surface area contributed by atoms with Gasteiger partial charge in [0.2, 0.25) is 0 Å². The molecule has 1 N–H and O–H groups in total. The molecule has 4 nitrogen and oxygen atoms in total. The zero-order valence-electron chi connectivity index (χ0n) is 12.8. The van der Waals surface area contributed by atoms with Crippen LogP contribution in [0.1, 0.15) is 32.4 Å². The molecule has 0 saturated heterocycles. The van der Waals surface area contributed by atoms with Crippen molar-refractivity contribution >= 4 is 5.69 Å². The summed E-state index contributed by atoms with van der Waals surface area (Å²) >= 11 is 0. The van der Waals surface area contributed by atoms with Gasteiger partial charge in [0.05, 0.1) is 19.3 Å². The summed E-state index contributed by atoms with van der Waals surface area (Å²) in [4.78, 5) is 2.25. The third-order valence-corrected chi connectivity index (χ3v) is 3.16. The van der Waals surface area contributed by atoms with E-state index in [-0.39, 0.29) is 0 Å². The highest BCUT2D eigenvalue weighted by atomic mass is 16.5. The highest BCUT2D eigenvalue weighted by Gasteiger charge is 2.07. The van der Waals surface area contributed by atoms with E-state index in [1.807, 2.05) is 38.1 Å². The number of nitrogens with zero attached hydrogens (tertiary/aromatic N) is 1. The average Bonchev–Trinajstić information content (AvgIpc) is 2.46. The monoisotopic (exact) mass is 281 g/mol. The molecule has 0 bridgehead atoms. The van der Waals surface area contributed by atoms with E-state index in [0.717, 1.165) is 37.6 Å². The lowest BCUT2D eigenvalue weighted by Crippen LogP contribution is -2.31. The second-order valence-corrected chi connectivity index (χ2v) is 4.65. The summed E-state index contributed by atoms with van der Waals surface area (Å²) in [5.41, 5.74) is 2.07. The highest BCUT2D eigenvalue weighted by Crippen LogP contribution is 2.19. The van der Waals surface area contributed by atoms with Crippen LogP contribution in [0.15, 0.2) is 24.3 Å². The molecule has 0 unspecified atom stereocenters. The van der Waals surface area contributed by atoms with Crippen LogP contribution in [0.5, 0.6) is 0 Å². The van der Waals surface area contributed by atoms with Crippen molar-refractivity contribution in [2.24, 2.45) is 0 Å². The molecule has 0 fully saturated rings. The number of aliphatic hydroxyl groups is 1. The number of hydrogen-bond acceptors (Lipinski definition) is 4. The van der Waals surface area contributed by atoms with Crippen LogP contribution in [0.2, 0.25) is 0 Å². The van der Waals surface area contributed by atoms with Crippen molar-refractivity contribution in [1.82, 2.24) is 0 Å². The summed E-state index contributed by atoms with van der Waals surface area (Å²) in [6, 6.07) is 8.02. The van der Waals surface area contributed by atoms with Gasteiger partial charge in [-0.25, -0.2) is 0 Å². The predicted molar refractivity (Wildman–Crippen MR) is 82.3 cm³/mol. The number of hydrogen-bond donors (Lipinski definition) is 1. The van der Waals surface area contributed by atoms with Gasteiger partial charge in [-0.15, -0.1) is 0 Å². The fraction of sp³-hybridized carbons (Fsp3) is 0.625. The van der Waals surface area contributed by atoms with Gasteiger partial charge >= 0.3 is 0 Å². The lowest BCUT2D eigenvalue weighted by Gasteiger charge is -2.25. The first-order chi connectivity index (χ1) is 9.69. The van der Waals surface area contributed by atoms with E-state index in [4.69, 9.17) is 9.47 Å². The molecule has 1 rings (SSSR count). The van der Waals surface area contributed by atoms with E-state index in [9.17, 15) is 5.11 Å². The van der Waals surface area contributed by atoms with Crippen LogP contribution in [0.25, 0.3) is 0 Å². The first-order valence-corrected chi connectivity index (χ1v) is 7.37. The Kier molecular flexibility index (Phi) is 8.26. The lowest BCUT2D eigenvalue weighted by atomic mass is 10.1. The molecule has 0 aliphatic rings. The number of aliphatic hydroxyl groups excluding tert-OH is 1. The standard InChI is InChI=1S/C16H27NO3/c1-4-19-12-10-17(11-13-20-5-2)16-8-6-15(7-9-16)14(3)18/h6-9,14,18H,4-5,10-13H2,1-3H3/t14-/m1/s1. The smallest absolute Gasteiger partial charge is 0.0761 e. The Balaban J connectivity index is 2.64. The maximum Gasteiger partial charge on any atom is 0.0761 e. The van der Waals surface area contributed by atoms with E-state index >= 15 is 0 Å². The molecule has 0 aliphatic heterocycles. The zero-order valence-corrected chi connectivity index (χ0v) is 12.8. The maximum absolute atomic E-state index is 9.55. The first-order valence-electron chi connectivity index (χ1n) is 7.37. The van der Waals surface area contributed by atoms with Crippen molar-refractivity contribution in [2.45, 2.75) is 26.9 Å². The summed E-state index contributed by atoms with van der Waals surface area (Å²) < 4.78 is 10.9. The summed E-state index contributed by atoms with van der Waals surface area (Å²) in [5, 5.41) is 9.55. The molecule has 1 aromatic carbocycles. The largest absolute Gasteiger partial charge is 0.389 e. The Bertz CT molecular complexity index is 341. The van der Waals surface area contributed by atoms with Crippen LogP contribution in [-0.4, -0.2) is 44.6 Å². The van der Waals surface area contributed by atoms with Gasteiger partial charge in [-0.1, -0.05) is 12.1 Å². The molecular formula is C16H27NO3. The van der Waals surface area contributed by atoms with Crippen molar-refractivity contribution in [1.29, 1.82) is 0 Å². The SMILES string of the molecule is CCOCCN(CCOCC)c1ccc([C@@H](C)O)cc1. The molecule has 0 amide bonds. The van der Waals surface area contributed by atoms with E-state index < -0.39 is 6.10 Å². The van der Waals surface area contributed by atoms with E-state index in [0.29, 0.717) is 13.2 Å². The minimum Gasteiger partial charge on any atom is -0.389 e. The summed E-state index contributed by atoms with van der Waals surface area (Å²) in [6.07, 6.45) is -0.427. The highest BCUT2D eigenvalue weighted by molar-refractivity contribution is 5.47. The van der Waals surface area contributed by atoms with E-state index in [2.05, 4.69) is 4.90 Å². The molecule has 4 heteroatoms. The van der Waals surface area contributed by atoms with Crippen LogP contribution in [0.4, 0.5) is 5.69 Å². The maximum atomic E-state index is 9.55. The number of rotatable bonds is 10. The lowest BCUT2D eigenvalue weighted by molar-refractivity contribution is 0.141. The Hall–Kier alpha value is -1.10. The minimum atomic E-state index is -0.427. The predicted octanol–water partition coefficient (Wildman–Crippen LogP) is 2.62. The topological polar surface area (TPSA) is 41.9 Å². The molecule has 0 spiro atoms.